The number of nitrogens with zero attached hydrogens (tertiary/aromatic N) is 4. The molecule has 0 bridgehead atoms. The first-order valence-corrected chi connectivity index (χ1v) is 16.4. The highest BCUT2D eigenvalue weighted by Gasteiger charge is 2.34. The number of aromatic nitrogens is 2. The molecular formula is C34H34N4O4S2. The summed E-state index contributed by atoms with van der Waals surface area (Å²) in [6.45, 7) is 9.44. The number of rotatable bonds is 6. The molecule has 1 unspecified atom stereocenters. The highest BCUT2D eigenvalue weighted by Crippen LogP contribution is 2.38. The van der Waals surface area contributed by atoms with Gasteiger partial charge >= 0.3 is 5.97 Å². The molecule has 3 aromatic heterocycles. The number of thiophene rings is 1. The second kappa shape index (κ2) is 11.7. The summed E-state index contributed by atoms with van der Waals surface area (Å²) in [6, 6.07) is 11.2. The number of methoxy groups -OCH3 is 1. The molecule has 0 radical (unpaired) electrons. The third-order valence-corrected chi connectivity index (χ3v) is 10.5. The lowest BCUT2D eigenvalue weighted by molar-refractivity contribution is -0.143. The van der Waals surface area contributed by atoms with Crippen LogP contribution in [0.15, 0.2) is 51.4 Å². The minimum absolute atomic E-state index is 0.231. The number of esters is 1. The van der Waals surface area contributed by atoms with E-state index >= 15 is 0 Å². The van der Waals surface area contributed by atoms with Crippen molar-refractivity contribution in [3.8, 4) is 16.8 Å². The van der Waals surface area contributed by atoms with Crippen molar-refractivity contribution in [2.75, 3.05) is 7.11 Å². The zero-order valence-corrected chi connectivity index (χ0v) is 27.3. The van der Waals surface area contributed by atoms with Crippen LogP contribution in [0.1, 0.15) is 78.2 Å². The van der Waals surface area contributed by atoms with Crippen LogP contribution in [0.3, 0.4) is 0 Å². The zero-order chi connectivity index (χ0) is 31.3. The molecule has 10 heteroatoms. The van der Waals surface area contributed by atoms with Crippen LogP contribution in [-0.4, -0.2) is 28.3 Å². The van der Waals surface area contributed by atoms with Gasteiger partial charge in [-0.1, -0.05) is 23.5 Å². The van der Waals surface area contributed by atoms with Gasteiger partial charge in [0.2, 0.25) is 0 Å². The zero-order valence-electron chi connectivity index (χ0n) is 25.7. The predicted octanol–water partition coefficient (Wildman–Crippen LogP) is 5.41. The quantitative estimate of drug-likeness (QED) is 0.267. The van der Waals surface area contributed by atoms with Crippen LogP contribution >= 0.6 is 22.7 Å². The fourth-order valence-electron chi connectivity index (χ4n) is 6.17. The van der Waals surface area contributed by atoms with Crippen molar-refractivity contribution in [3.05, 3.63) is 99.8 Å². The van der Waals surface area contributed by atoms with E-state index in [1.165, 1.54) is 21.8 Å². The fourth-order valence-corrected chi connectivity index (χ4v) is 8.66. The summed E-state index contributed by atoms with van der Waals surface area (Å²) in [5.74, 6) is 0.182. The fraction of sp³-hybridized carbons (Fsp3) is 0.353. The smallest absolute Gasteiger partial charge is 0.338 e. The number of hydrogen-bond donors (Lipinski definition) is 0. The maximum atomic E-state index is 14.2. The van der Waals surface area contributed by atoms with E-state index in [4.69, 9.17) is 14.5 Å². The first-order valence-electron chi connectivity index (χ1n) is 14.7. The summed E-state index contributed by atoms with van der Waals surface area (Å²) in [7, 11) is 1.60. The molecule has 2 aliphatic rings. The minimum Gasteiger partial charge on any atom is -0.497 e. The van der Waals surface area contributed by atoms with Gasteiger partial charge in [0.15, 0.2) is 4.80 Å². The second-order valence-corrected chi connectivity index (χ2v) is 13.6. The van der Waals surface area contributed by atoms with Crippen molar-refractivity contribution < 1.29 is 14.3 Å². The molecule has 0 amide bonds. The molecule has 1 atom stereocenters. The maximum Gasteiger partial charge on any atom is 0.338 e. The standard InChI is InChI=1S/C34H34N4O4S2/c1-18(2)42-33(40)29-20(4)36-34-38(30(29)22-11-13-24(41-6)14-12-22)31(39)28(44-34)16-23-15-19(3)37(21(23)5)32-26(17-35)25-9-7-8-10-27(25)43-32/h11-16,18,30H,7-10H2,1-6H3/b28-16+. The van der Waals surface area contributed by atoms with Gasteiger partial charge < -0.3 is 14.0 Å². The molecule has 226 valence electrons. The van der Waals surface area contributed by atoms with E-state index in [0.29, 0.717) is 26.4 Å². The molecule has 0 fully saturated rings. The van der Waals surface area contributed by atoms with Crippen molar-refractivity contribution in [2.24, 2.45) is 4.99 Å². The van der Waals surface area contributed by atoms with Crippen LogP contribution in [0, 0.1) is 25.2 Å². The Bertz CT molecular complexity index is 2050. The Balaban J connectivity index is 1.50. The highest BCUT2D eigenvalue weighted by molar-refractivity contribution is 7.15. The number of nitriles is 1. The van der Waals surface area contributed by atoms with E-state index in [1.807, 2.05) is 44.2 Å². The average Bonchev–Trinajstić information content (AvgIpc) is 3.61. The number of carbonyl (C=O) groups is 1. The Labute approximate surface area is 263 Å². The van der Waals surface area contributed by atoms with Gasteiger partial charge in [-0.3, -0.25) is 9.36 Å². The van der Waals surface area contributed by atoms with Crippen LogP contribution < -0.4 is 19.6 Å². The van der Waals surface area contributed by atoms with Crippen LogP contribution in [0.2, 0.25) is 0 Å². The molecule has 0 saturated heterocycles. The number of benzene rings is 1. The third kappa shape index (κ3) is 5.04. The Hall–Kier alpha value is -4.20. The van der Waals surface area contributed by atoms with Crippen LogP contribution in [-0.2, 0) is 22.4 Å². The van der Waals surface area contributed by atoms with Gasteiger partial charge in [0, 0.05) is 16.3 Å². The Morgan fingerprint density at radius 2 is 1.86 bits per heavy atom. The summed E-state index contributed by atoms with van der Waals surface area (Å²) < 4.78 is 15.2. The normalized spacial score (nSPS) is 16.4. The molecule has 1 aliphatic carbocycles. The van der Waals surface area contributed by atoms with Crippen molar-refractivity contribution >= 4 is 34.7 Å². The highest BCUT2D eigenvalue weighted by atomic mass is 32.1. The molecule has 0 spiro atoms. The van der Waals surface area contributed by atoms with E-state index in [9.17, 15) is 14.9 Å². The topological polar surface area (TPSA) is 98.6 Å². The molecule has 4 aromatic rings. The second-order valence-electron chi connectivity index (χ2n) is 11.5. The number of aryl methyl sites for hydroxylation is 2. The van der Waals surface area contributed by atoms with Gasteiger partial charge in [-0.2, -0.15) is 5.26 Å². The lowest BCUT2D eigenvalue weighted by Gasteiger charge is -2.25. The first-order chi connectivity index (χ1) is 21.1. The van der Waals surface area contributed by atoms with Gasteiger partial charge in [-0.15, -0.1) is 11.3 Å². The van der Waals surface area contributed by atoms with Crippen LogP contribution in [0.25, 0.3) is 11.1 Å². The predicted molar refractivity (Wildman–Crippen MR) is 172 cm³/mol. The summed E-state index contributed by atoms with van der Waals surface area (Å²) in [4.78, 5) is 34.1. The monoisotopic (exact) mass is 626 g/mol. The third-order valence-electron chi connectivity index (χ3n) is 8.24. The van der Waals surface area contributed by atoms with E-state index in [-0.39, 0.29) is 11.7 Å². The Morgan fingerprint density at radius 1 is 1.14 bits per heavy atom. The van der Waals surface area contributed by atoms with Crippen molar-refractivity contribution in [3.63, 3.8) is 0 Å². The number of allylic oxidation sites excluding steroid dienone is 1. The molecule has 1 aromatic carbocycles. The Kier molecular flexibility index (Phi) is 7.95. The molecule has 8 nitrogen and oxygen atoms in total. The number of hydrogen-bond acceptors (Lipinski definition) is 8. The van der Waals surface area contributed by atoms with E-state index < -0.39 is 12.0 Å². The van der Waals surface area contributed by atoms with Crippen LogP contribution in [0.5, 0.6) is 5.75 Å². The van der Waals surface area contributed by atoms with Gasteiger partial charge in [0.25, 0.3) is 5.56 Å². The summed E-state index contributed by atoms with van der Waals surface area (Å²) >= 11 is 3.01. The maximum absolute atomic E-state index is 14.2. The molecular weight excluding hydrogens is 593 g/mol. The number of ether oxygens (including phenoxy) is 2. The van der Waals surface area contributed by atoms with Gasteiger partial charge in [-0.25, -0.2) is 9.79 Å². The molecule has 4 heterocycles. The van der Waals surface area contributed by atoms with E-state index in [1.54, 1.807) is 43.8 Å². The lowest BCUT2D eigenvalue weighted by atomic mass is 9.96. The largest absolute Gasteiger partial charge is 0.497 e. The summed E-state index contributed by atoms with van der Waals surface area (Å²) in [6.07, 6.45) is 5.81. The van der Waals surface area contributed by atoms with Crippen molar-refractivity contribution in [1.29, 1.82) is 5.26 Å². The Morgan fingerprint density at radius 3 is 2.55 bits per heavy atom. The van der Waals surface area contributed by atoms with Gasteiger partial charge in [0.05, 0.1) is 40.6 Å². The molecule has 6 rings (SSSR count). The van der Waals surface area contributed by atoms with Gasteiger partial charge in [0.1, 0.15) is 16.8 Å². The van der Waals surface area contributed by atoms with E-state index in [0.717, 1.165) is 58.8 Å². The molecule has 1 aliphatic heterocycles. The lowest BCUT2D eigenvalue weighted by Crippen LogP contribution is -2.40. The molecule has 44 heavy (non-hydrogen) atoms. The SMILES string of the molecule is COc1ccc(C2C(C(=O)OC(C)C)=C(C)N=c3s/c(=C/c4cc(C)n(-c5sc6c(c5C#N)CCCC6)c4C)c(=O)n32)cc1. The van der Waals surface area contributed by atoms with Gasteiger partial charge in [-0.05, 0) is 101 Å². The molecule has 0 saturated carbocycles. The summed E-state index contributed by atoms with van der Waals surface area (Å²) in [5.41, 5.74) is 6.22. The number of carbonyl (C=O) groups excluding carboxylic acids is 1. The van der Waals surface area contributed by atoms with Crippen molar-refractivity contribution in [1.82, 2.24) is 9.13 Å². The van der Waals surface area contributed by atoms with E-state index in [2.05, 4.69) is 16.7 Å². The average molecular weight is 627 g/mol. The van der Waals surface area contributed by atoms with Crippen LogP contribution in [0.4, 0.5) is 0 Å². The summed E-state index contributed by atoms with van der Waals surface area (Å²) in [5, 5.41) is 11.1. The van der Waals surface area contributed by atoms with Crippen molar-refractivity contribution in [2.45, 2.75) is 72.4 Å². The number of thiazole rings is 1. The molecule has 0 N–H and O–H groups in total. The minimum atomic E-state index is -0.700. The first kappa shape index (κ1) is 29.9. The number of fused-ring (bicyclic) bond motifs is 2.